The highest BCUT2D eigenvalue weighted by atomic mass is 32.2. The van der Waals surface area contributed by atoms with Gasteiger partial charge in [-0.2, -0.15) is 0 Å². The van der Waals surface area contributed by atoms with Gasteiger partial charge in [0.15, 0.2) is 5.37 Å². The van der Waals surface area contributed by atoms with Crippen LogP contribution >= 0.6 is 23.5 Å². The lowest BCUT2D eigenvalue weighted by atomic mass is 9.91. The van der Waals surface area contributed by atoms with Gasteiger partial charge in [-0.15, -0.1) is 23.5 Å². The summed E-state index contributed by atoms with van der Waals surface area (Å²) in [6, 6.07) is -12.9. The second-order valence-electron chi connectivity index (χ2n) is 28.9. The molecule has 0 spiro atoms. The number of likely N-dealkylation sites (N-methyl/N-ethyl adjacent to an activating group) is 7. The number of aliphatic hydroxyl groups excluding tert-OH is 1. The molecule has 1 saturated heterocycles. The fourth-order valence-corrected chi connectivity index (χ4v) is 13.6. The van der Waals surface area contributed by atoms with Crippen LogP contribution in [0.5, 0.6) is 0 Å². The number of carbonyl (C=O) groups excluding carboxylic acids is 11. The molecule has 25 nitrogen and oxygen atoms in total. The molecule has 0 saturated carbocycles. The van der Waals surface area contributed by atoms with Crippen molar-refractivity contribution >= 4 is 88.5 Å². The first kappa shape index (κ1) is 89.5. The van der Waals surface area contributed by atoms with Gasteiger partial charge in [0.25, 0.3) is 5.91 Å². The van der Waals surface area contributed by atoms with Crippen LogP contribution in [-0.4, -0.2) is 274 Å². The van der Waals surface area contributed by atoms with Crippen molar-refractivity contribution in [2.75, 3.05) is 86.9 Å². The number of thioether (sulfide) groups is 2. The number of nitrogens with zero attached hydrogens (tertiary/aromatic N) is 8. The van der Waals surface area contributed by atoms with Gasteiger partial charge in [-0.05, 0) is 122 Å². The van der Waals surface area contributed by atoms with Crippen molar-refractivity contribution in [3.05, 3.63) is 12.2 Å². The topological polar surface area (TPSA) is 291 Å². The van der Waals surface area contributed by atoms with Gasteiger partial charge < -0.3 is 70.3 Å². The lowest BCUT2D eigenvalue weighted by Gasteiger charge is -2.41. The van der Waals surface area contributed by atoms with E-state index in [1.807, 2.05) is 74.6 Å². The Hall–Kier alpha value is -5.51. The summed E-state index contributed by atoms with van der Waals surface area (Å²) in [5.41, 5.74) is -1.06. The molecule has 5 N–H and O–H groups in total. The van der Waals surface area contributed by atoms with Gasteiger partial charge >= 0.3 is 0 Å². The van der Waals surface area contributed by atoms with Crippen LogP contribution in [0.1, 0.15) is 170 Å². The zero-order valence-corrected chi connectivity index (χ0v) is 65.7. The number of hydrogen-bond acceptors (Lipinski definition) is 16. The third kappa shape index (κ3) is 26.2. The van der Waals surface area contributed by atoms with E-state index in [1.165, 1.54) is 104 Å². The van der Waals surface area contributed by atoms with Crippen LogP contribution < -0.4 is 21.3 Å². The smallest absolute Gasteiger partial charge is 0.256 e. The Morgan fingerprint density at radius 1 is 0.536 bits per heavy atom. The maximum absolute atomic E-state index is 15.6. The number of nitrogens with one attached hydrogen (secondary N) is 4. The quantitative estimate of drug-likeness (QED) is 0.0618. The van der Waals surface area contributed by atoms with Crippen LogP contribution in [0.2, 0.25) is 0 Å². The summed E-state index contributed by atoms with van der Waals surface area (Å²) in [5, 5.41) is 22.3. The van der Waals surface area contributed by atoms with Gasteiger partial charge in [-0.25, -0.2) is 0 Å². The van der Waals surface area contributed by atoms with Gasteiger partial charge in [0.1, 0.15) is 60.4 Å². The predicted molar refractivity (Wildman–Crippen MR) is 386 cm³/mol. The highest BCUT2D eigenvalue weighted by Gasteiger charge is 2.47. The predicted octanol–water partition coefficient (Wildman–Crippen LogP) is 5.13. The molecule has 0 bridgehead atoms. The molecule has 13 atom stereocenters. The average Bonchev–Trinajstić information content (AvgIpc) is 0.813. The Labute approximate surface area is 590 Å². The zero-order valence-electron chi connectivity index (χ0n) is 64.1. The molecule has 1 fully saturated rings. The minimum absolute atomic E-state index is 0.0144. The monoisotopic (exact) mass is 1410 g/mol. The van der Waals surface area contributed by atoms with Gasteiger partial charge in [-0.3, -0.25) is 52.7 Å². The highest BCUT2D eigenvalue weighted by Crippen LogP contribution is 2.29. The van der Waals surface area contributed by atoms with Crippen LogP contribution in [0.15, 0.2) is 12.2 Å². The Bertz CT molecular complexity index is 2620. The molecule has 1 heterocycles. The Balaban J connectivity index is 4.66. The molecule has 0 aromatic rings. The summed E-state index contributed by atoms with van der Waals surface area (Å²) in [5.74, 6) is -9.38. The fourth-order valence-electron chi connectivity index (χ4n) is 12.0. The largest absolute Gasteiger partial charge is 0.390 e. The first-order chi connectivity index (χ1) is 45.0. The maximum Gasteiger partial charge on any atom is 0.256 e. The fraction of sp³-hybridized carbons (Fsp3) is 0.814. The van der Waals surface area contributed by atoms with E-state index in [1.54, 1.807) is 61.5 Å². The number of rotatable bonds is 24. The van der Waals surface area contributed by atoms with Gasteiger partial charge in [0.2, 0.25) is 59.1 Å². The molecule has 1 rings (SSSR count). The average molecular weight is 1410 g/mol. The second kappa shape index (κ2) is 41.9. The number of hydrogen-bond donors (Lipinski definition) is 5. The van der Waals surface area contributed by atoms with Crippen LogP contribution in [0.25, 0.3) is 0 Å². The first-order valence-corrected chi connectivity index (χ1v) is 37.2. The van der Waals surface area contributed by atoms with E-state index in [-0.39, 0.29) is 55.8 Å². The molecule has 27 heteroatoms. The van der Waals surface area contributed by atoms with Crippen molar-refractivity contribution in [1.82, 2.24) is 60.5 Å². The first-order valence-electron chi connectivity index (χ1n) is 34.8. The summed E-state index contributed by atoms with van der Waals surface area (Å²) in [6.07, 6.45) is 4.53. The lowest BCUT2D eigenvalue weighted by Crippen LogP contribution is -2.64. The number of carbonyl (C=O) groups is 11. The standard InChI is InChI=1S/C70H128N12O13S2/c1-28-32-33-46(15)57(83)56-61(87)73-49(29-2)63(89)81(26)69(97-35-34-82(30-3)31-4)68(94)78(23)53(39-70(18,19)95-40-96-27)60(86)74-54(44(11)12)66(92)75(20)50(36-41(5)6)59(85)71-47(16)58(84)72-48(17)62(88)76(21)51(37-42(7)8)64(90)77(22)52(38-43(9)10)65(91)79(24)55(45(13)14)67(93)80(56)25/h28,32,41-57,69,83H,29-31,33-40H2,1-27H3,(H,71,85)(H,72,84)(H,73,87)(H,74,86)/t46-,47+,48-,49+,50+,51+,52+,53+,54+,55+,56+,57-,69-/m1/s1. The molecule has 0 aliphatic carbocycles. The van der Waals surface area contributed by atoms with E-state index in [9.17, 15) is 19.5 Å². The Kier molecular flexibility index (Phi) is 38.7. The molecule has 0 aromatic heterocycles. The van der Waals surface area contributed by atoms with Crippen molar-refractivity contribution in [2.45, 2.75) is 248 Å². The minimum Gasteiger partial charge on any atom is -0.390 e. The molecular weight excluding hydrogens is 1280 g/mol. The number of allylic oxidation sites excluding steroid dienone is 2. The van der Waals surface area contributed by atoms with Crippen LogP contribution in [-0.2, 0) is 57.5 Å². The summed E-state index contributed by atoms with van der Waals surface area (Å²) < 4.78 is 6.25. The number of amides is 11. The molecule has 558 valence electrons. The van der Waals surface area contributed by atoms with Crippen molar-refractivity contribution in [2.24, 2.45) is 35.5 Å². The second-order valence-corrected chi connectivity index (χ2v) is 30.9. The molecule has 97 heavy (non-hydrogen) atoms. The van der Waals surface area contributed by atoms with Crippen molar-refractivity contribution < 1.29 is 62.6 Å². The number of ether oxygens (including phenoxy) is 1. The van der Waals surface area contributed by atoms with E-state index < -0.39 is 160 Å². The molecular formula is C70H128N12O13S2. The molecule has 0 aromatic carbocycles. The third-order valence-electron chi connectivity index (χ3n) is 18.3. The zero-order chi connectivity index (χ0) is 75.0. The summed E-state index contributed by atoms with van der Waals surface area (Å²) >= 11 is 2.57. The van der Waals surface area contributed by atoms with Gasteiger partial charge in [0, 0.05) is 68.1 Å². The van der Waals surface area contributed by atoms with Crippen molar-refractivity contribution in [3.8, 4) is 0 Å². The van der Waals surface area contributed by atoms with Crippen molar-refractivity contribution in [3.63, 3.8) is 0 Å². The molecule has 1 aliphatic heterocycles. The third-order valence-corrected chi connectivity index (χ3v) is 19.9. The van der Waals surface area contributed by atoms with E-state index in [4.69, 9.17) is 4.74 Å². The Morgan fingerprint density at radius 3 is 1.47 bits per heavy atom. The molecule has 1 aliphatic rings. The number of aliphatic hydroxyl groups is 1. The summed E-state index contributed by atoms with van der Waals surface area (Å²) in [6.45, 7) is 35.7. The molecule has 0 unspecified atom stereocenters. The van der Waals surface area contributed by atoms with E-state index in [2.05, 4.69) is 26.2 Å². The van der Waals surface area contributed by atoms with Crippen LogP contribution in [0, 0.1) is 35.5 Å². The van der Waals surface area contributed by atoms with E-state index in [0.29, 0.717) is 31.8 Å². The van der Waals surface area contributed by atoms with Gasteiger partial charge in [-0.1, -0.05) is 109 Å². The maximum atomic E-state index is 15.6. The normalized spacial score (nSPS) is 26.0. The summed E-state index contributed by atoms with van der Waals surface area (Å²) in [7, 11) is 10.0. The highest BCUT2D eigenvalue weighted by molar-refractivity contribution is 8.00. The lowest BCUT2D eigenvalue weighted by molar-refractivity contribution is -0.157. The van der Waals surface area contributed by atoms with Crippen LogP contribution in [0.3, 0.4) is 0 Å². The SMILES string of the molecule is CC=CC[C@@H](C)[C@@H](O)[C@H]1C(=O)N[C@@H](CC)C(=O)N(C)[C@H](SCCN(CC)CC)C(=O)N(C)[C@@H](CC(C)(C)OCSC)C(=O)N[C@@H](C(C)C)C(=O)N(C)[C@@H](CC(C)C)C(=O)N[C@@H](C)C(=O)N[C@H](C)C(=O)N(C)[C@@H](CC(C)C)C(=O)N(C)[C@@H](CC(C)C)C(=O)N(C)[C@@H](C(C)C)C(=O)N1C. The Morgan fingerprint density at radius 2 is 1.00 bits per heavy atom. The molecule has 11 amide bonds. The van der Waals surface area contributed by atoms with E-state index >= 15 is 38.4 Å². The van der Waals surface area contributed by atoms with Crippen molar-refractivity contribution in [1.29, 1.82) is 0 Å². The van der Waals surface area contributed by atoms with Gasteiger partial charge in [0.05, 0.1) is 17.6 Å². The minimum atomic E-state index is -1.65. The summed E-state index contributed by atoms with van der Waals surface area (Å²) in [4.78, 5) is 176. The molecule has 0 radical (unpaired) electrons. The van der Waals surface area contributed by atoms with E-state index in [0.717, 1.165) is 16.7 Å². The van der Waals surface area contributed by atoms with Crippen LogP contribution in [0.4, 0.5) is 0 Å².